The van der Waals surface area contributed by atoms with Crippen molar-refractivity contribution in [3.63, 3.8) is 0 Å². The molecule has 3 fully saturated rings. The summed E-state index contributed by atoms with van der Waals surface area (Å²) in [7, 11) is 0. The van der Waals surface area contributed by atoms with Gasteiger partial charge >= 0.3 is 0 Å². The summed E-state index contributed by atoms with van der Waals surface area (Å²) in [5.74, 6) is 4.16. The average molecular weight is 479 g/mol. The summed E-state index contributed by atoms with van der Waals surface area (Å²) in [6, 6.07) is 8.55. The highest BCUT2D eigenvalue weighted by Gasteiger charge is 2.27. The Bertz CT molecular complexity index is 1180. The van der Waals surface area contributed by atoms with Crippen LogP contribution in [0.3, 0.4) is 0 Å². The monoisotopic (exact) mass is 478 g/mol. The molecule has 0 radical (unpaired) electrons. The molecule has 3 aliphatic rings. The van der Waals surface area contributed by atoms with Crippen molar-refractivity contribution < 1.29 is 13.9 Å². The van der Waals surface area contributed by atoms with Gasteiger partial charge in [-0.1, -0.05) is 0 Å². The van der Waals surface area contributed by atoms with Crippen molar-refractivity contribution in [1.82, 2.24) is 20.3 Å². The van der Waals surface area contributed by atoms with Gasteiger partial charge in [-0.15, -0.1) is 0 Å². The second-order valence-corrected chi connectivity index (χ2v) is 9.99. The van der Waals surface area contributed by atoms with Gasteiger partial charge < -0.3 is 29.0 Å². The van der Waals surface area contributed by atoms with Gasteiger partial charge in [0.1, 0.15) is 17.3 Å². The summed E-state index contributed by atoms with van der Waals surface area (Å²) < 4.78 is 17.5. The Kier molecular flexibility index (Phi) is 6.30. The van der Waals surface area contributed by atoms with Crippen LogP contribution in [-0.4, -0.2) is 73.1 Å². The number of morpholine rings is 2. The standard InChI is InChI=1S/C26H34N6O3/c1-17-15-33-11-9-31(17)25-21-6-7-22(23-8-5-20(35-23)14-27-13-19-3-4-19)28-24(21)29-26(30-25)32-10-12-34-16-18(32)2/h5-8,17-19,27H,3-4,9-16H2,1-2H3/t17-,18-/m0/s1. The maximum Gasteiger partial charge on any atom is 0.229 e. The summed E-state index contributed by atoms with van der Waals surface area (Å²) in [5.41, 5.74) is 1.47. The lowest BCUT2D eigenvalue weighted by Crippen LogP contribution is -2.46. The minimum atomic E-state index is 0.204. The van der Waals surface area contributed by atoms with Crippen molar-refractivity contribution in [1.29, 1.82) is 0 Å². The molecule has 1 N–H and O–H groups in total. The molecule has 0 unspecified atom stereocenters. The molecule has 3 aromatic heterocycles. The Labute approximate surface area is 205 Å². The summed E-state index contributed by atoms with van der Waals surface area (Å²) >= 11 is 0. The minimum absolute atomic E-state index is 0.204. The molecule has 6 rings (SSSR count). The van der Waals surface area contributed by atoms with Crippen LogP contribution < -0.4 is 15.1 Å². The molecule has 9 nitrogen and oxygen atoms in total. The van der Waals surface area contributed by atoms with Crippen LogP contribution in [0.25, 0.3) is 22.5 Å². The molecule has 5 heterocycles. The van der Waals surface area contributed by atoms with Crippen molar-refractivity contribution in [3.05, 3.63) is 30.0 Å². The van der Waals surface area contributed by atoms with Crippen molar-refractivity contribution in [3.8, 4) is 11.5 Å². The first-order chi connectivity index (χ1) is 17.2. The number of anilines is 2. The van der Waals surface area contributed by atoms with Gasteiger partial charge in [0.05, 0.1) is 50.4 Å². The first-order valence-corrected chi connectivity index (χ1v) is 12.8. The van der Waals surface area contributed by atoms with Gasteiger partial charge in [0.2, 0.25) is 5.95 Å². The number of aromatic nitrogens is 3. The van der Waals surface area contributed by atoms with Crippen molar-refractivity contribution in [2.24, 2.45) is 5.92 Å². The summed E-state index contributed by atoms with van der Waals surface area (Å²) in [6.07, 6.45) is 2.69. The van der Waals surface area contributed by atoms with Gasteiger partial charge in [0.25, 0.3) is 0 Å². The Morgan fingerprint density at radius 2 is 1.69 bits per heavy atom. The number of nitrogens with one attached hydrogen (secondary N) is 1. The van der Waals surface area contributed by atoms with Gasteiger partial charge in [-0.25, -0.2) is 4.98 Å². The predicted molar refractivity (Wildman–Crippen MR) is 135 cm³/mol. The van der Waals surface area contributed by atoms with Crippen LogP contribution in [0.15, 0.2) is 28.7 Å². The fourth-order valence-corrected chi connectivity index (χ4v) is 4.87. The van der Waals surface area contributed by atoms with E-state index in [2.05, 4.69) is 35.0 Å². The van der Waals surface area contributed by atoms with Crippen LogP contribution in [0, 0.1) is 5.92 Å². The molecular formula is C26H34N6O3. The van der Waals surface area contributed by atoms with E-state index in [-0.39, 0.29) is 12.1 Å². The lowest BCUT2D eigenvalue weighted by molar-refractivity contribution is 0.0973. The molecule has 3 aromatic rings. The van der Waals surface area contributed by atoms with Gasteiger partial charge in [0, 0.05) is 13.1 Å². The molecule has 2 saturated heterocycles. The quantitative estimate of drug-likeness (QED) is 0.550. The summed E-state index contributed by atoms with van der Waals surface area (Å²) in [6.45, 7) is 10.4. The molecule has 9 heteroatoms. The third kappa shape index (κ3) is 4.85. The van der Waals surface area contributed by atoms with Gasteiger partial charge in [-0.05, 0) is 63.4 Å². The van der Waals surface area contributed by atoms with Crippen LogP contribution in [0.4, 0.5) is 11.8 Å². The van der Waals surface area contributed by atoms with Crippen molar-refractivity contribution >= 4 is 22.8 Å². The maximum absolute atomic E-state index is 6.13. The molecule has 1 aliphatic carbocycles. The molecule has 2 aliphatic heterocycles. The number of furan rings is 1. The number of fused-ring (bicyclic) bond motifs is 1. The van der Waals surface area contributed by atoms with E-state index in [1.165, 1.54) is 12.8 Å². The number of ether oxygens (including phenoxy) is 2. The van der Waals surface area contributed by atoms with E-state index in [9.17, 15) is 0 Å². The van der Waals surface area contributed by atoms with E-state index >= 15 is 0 Å². The smallest absolute Gasteiger partial charge is 0.229 e. The molecule has 1 saturated carbocycles. The number of nitrogens with zero attached hydrogens (tertiary/aromatic N) is 5. The molecule has 186 valence electrons. The normalized spacial score (nSPS) is 23.3. The summed E-state index contributed by atoms with van der Waals surface area (Å²) in [5, 5.41) is 4.44. The Morgan fingerprint density at radius 1 is 0.914 bits per heavy atom. The van der Waals surface area contributed by atoms with Crippen molar-refractivity contribution in [2.45, 2.75) is 45.3 Å². The highest BCUT2D eigenvalue weighted by molar-refractivity contribution is 5.89. The number of rotatable bonds is 7. The lowest BCUT2D eigenvalue weighted by atomic mass is 10.2. The zero-order chi connectivity index (χ0) is 23.8. The topological polar surface area (TPSA) is 88.8 Å². The van der Waals surface area contributed by atoms with E-state index in [0.29, 0.717) is 38.0 Å². The Hall–Kier alpha value is -2.75. The zero-order valence-electron chi connectivity index (χ0n) is 20.6. The maximum atomic E-state index is 6.13. The van der Waals surface area contributed by atoms with Crippen molar-refractivity contribution in [2.75, 3.05) is 55.9 Å². The fraction of sp³-hybridized carbons (Fsp3) is 0.577. The van der Waals surface area contributed by atoms with Crippen LogP contribution in [-0.2, 0) is 16.0 Å². The molecule has 0 aromatic carbocycles. The largest absolute Gasteiger partial charge is 0.458 e. The Morgan fingerprint density at radius 3 is 2.43 bits per heavy atom. The fourth-order valence-electron chi connectivity index (χ4n) is 4.87. The molecular weight excluding hydrogens is 444 g/mol. The summed E-state index contributed by atoms with van der Waals surface area (Å²) in [4.78, 5) is 19.5. The van der Waals surface area contributed by atoms with E-state index in [1.54, 1.807) is 0 Å². The first-order valence-electron chi connectivity index (χ1n) is 12.8. The molecule has 2 atom stereocenters. The molecule has 0 amide bonds. The van der Waals surface area contributed by atoms with E-state index in [1.807, 2.05) is 18.2 Å². The SMILES string of the molecule is C[C@H]1COCCN1c1nc(N2CCOC[C@@H]2C)c2ccc(-c3ccc(CNCC4CC4)o3)nc2n1. The second-order valence-electron chi connectivity index (χ2n) is 9.99. The minimum Gasteiger partial charge on any atom is -0.458 e. The predicted octanol–water partition coefficient (Wildman–Crippen LogP) is 3.23. The Balaban J connectivity index is 1.35. The first kappa shape index (κ1) is 22.7. The zero-order valence-corrected chi connectivity index (χ0v) is 20.6. The average Bonchev–Trinajstić information content (AvgIpc) is 3.58. The molecule has 0 bridgehead atoms. The van der Waals surface area contributed by atoms with Gasteiger partial charge in [-0.3, -0.25) is 0 Å². The highest BCUT2D eigenvalue weighted by atomic mass is 16.5. The highest BCUT2D eigenvalue weighted by Crippen LogP contribution is 2.32. The van der Waals surface area contributed by atoms with E-state index in [0.717, 1.165) is 60.5 Å². The molecule has 35 heavy (non-hydrogen) atoms. The lowest BCUT2D eigenvalue weighted by Gasteiger charge is -2.37. The number of pyridine rings is 1. The number of hydrogen-bond acceptors (Lipinski definition) is 9. The molecule has 0 spiro atoms. The number of hydrogen-bond donors (Lipinski definition) is 1. The van der Waals surface area contributed by atoms with Crippen LogP contribution in [0.5, 0.6) is 0 Å². The third-order valence-corrected chi connectivity index (χ3v) is 7.14. The van der Waals surface area contributed by atoms with Crippen LogP contribution in [0.1, 0.15) is 32.4 Å². The van der Waals surface area contributed by atoms with E-state index < -0.39 is 0 Å². The third-order valence-electron chi connectivity index (χ3n) is 7.14. The second kappa shape index (κ2) is 9.72. The van der Waals surface area contributed by atoms with Crippen LogP contribution >= 0.6 is 0 Å². The van der Waals surface area contributed by atoms with Gasteiger partial charge in [0.15, 0.2) is 11.4 Å². The van der Waals surface area contributed by atoms with Crippen LogP contribution in [0.2, 0.25) is 0 Å². The van der Waals surface area contributed by atoms with Gasteiger partial charge in [-0.2, -0.15) is 9.97 Å². The van der Waals surface area contributed by atoms with E-state index in [4.69, 9.17) is 28.8 Å².